The summed E-state index contributed by atoms with van der Waals surface area (Å²) in [6, 6.07) is 0. The van der Waals surface area contributed by atoms with Crippen molar-refractivity contribution in [2.45, 2.75) is 34.6 Å². The average molecular weight is 182 g/mol. The van der Waals surface area contributed by atoms with Gasteiger partial charge in [0.25, 0.3) is 0 Å². The second kappa shape index (κ2) is 9.04. The highest BCUT2D eigenvalue weighted by Crippen LogP contribution is 1.99. The zero-order valence-electron chi connectivity index (χ0n) is 9.73. The molecule has 0 unspecified atom stereocenters. The van der Waals surface area contributed by atoms with Crippen molar-refractivity contribution in [1.82, 2.24) is 5.32 Å². The third-order valence-electron chi connectivity index (χ3n) is 1.39. The molecule has 0 saturated heterocycles. The third kappa shape index (κ3) is 7.32. The predicted octanol–water partition coefficient (Wildman–Crippen LogP) is 3.13. The van der Waals surface area contributed by atoms with E-state index in [0.29, 0.717) is 0 Å². The molecular weight excluding hydrogens is 160 g/mol. The maximum atomic E-state index is 3.98. The van der Waals surface area contributed by atoms with Gasteiger partial charge in [-0.25, -0.2) is 0 Å². The monoisotopic (exact) mass is 182 g/mol. The Morgan fingerprint density at radius 1 is 1.23 bits per heavy atom. The molecule has 0 aliphatic carbocycles. The molecule has 76 valence electrons. The van der Waals surface area contributed by atoms with Gasteiger partial charge in [0, 0.05) is 12.7 Å². The molecule has 0 atom stereocenters. The van der Waals surface area contributed by atoms with E-state index < -0.39 is 0 Å². The van der Waals surface area contributed by atoms with Crippen LogP contribution in [0, 0.1) is 0 Å². The van der Waals surface area contributed by atoms with Crippen LogP contribution in [0.2, 0.25) is 0 Å². The Morgan fingerprint density at radius 3 is 1.92 bits per heavy atom. The second-order valence-corrected chi connectivity index (χ2v) is 2.55. The molecule has 0 aromatic heterocycles. The van der Waals surface area contributed by atoms with Crippen molar-refractivity contribution in [3.05, 3.63) is 23.9 Å². The van der Waals surface area contributed by atoms with E-state index in [1.54, 1.807) is 13.1 Å². The van der Waals surface area contributed by atoms with Gasteiger partial charge in [-0.15, -0.1) is 0 Å². The minimum Gasteiger partial charge on any atom is -0.344 e. The summed E-state index contributed by atoms with van der Waals surface area (Å²) in [7, 11) is 1.76. The molecule has 2 nitrogen and oxygen atoms in total. The van der Waals surface area contributed by atoms with Crippen LogP contribution >= 0.6 is 0 Å². The Hall–Kier alpha value is -1.05. The lowest BCUT2D eigenvalue weighted by Crippen LogP contribution is -2.19. The molecule has 0 saturated carbocycles. The zero-order chi connectivity index (χ0) is 10.9. The van der Waals surface area contributed by atoms with Gasteiger partial charge in [-0.05, 0) is 26.8 Å². The summed E-state index contributed by atoms with van der Waals surface area (Å²) in [5.74, 6) is 0.904. The maximum absolute atomic E-state index is 3.98. The highest BCUT2D eigenvalue weighted by molar-refractivity contribution is 5.81. The van der Waals surface area contributed by atoms with Crippen LogP contribution in [-0.4, -0.2) is 12.9 Å². The van der Waals surface area contributed by atoms with Crippen molar-refractivity contribution in [2.24, 2.45) is 4.99 Å². The molecule has 2 heteroatoms. The number of nitrogens with zero attached hydrogens (tertiary/aromatic N) is 1. The first-order valence-corrected chi connectivity index (χ1v) is 4.62. The van der Waals surface area contributed by atoms with E-state index >= 15 is 0 Å². The van der Waals surface area contributed by atoms with Crippen molar-refractivity contribution in [2.75, 3.05) is 7.05 Å². The fraction of sp³-hybridized carbons (Fsp3) is 0.545. The summed E-state index contributed by atoms with van der Waals surface area (Å²) in [5.41, 5.74) is 2.25. The van der Waals surface area contributed by atoms with Crippen LogP contribution in [0.3, 0.4) is 0 Å². The number of hydrogen-bond acceptors (Lipinski definition) is 1. The Labute approximate surface area is 82.5 Å². The molecule has 13 heavy (non-hydrogen) atoms. The second-order valence-electron chi connectivity index (χ2n) is 2.55. The molecule has 0 bridgehead atoms. The number of amidine groups is 1. The minimum atomic E-state index is 0.904. The SMILES string of the molecule is C=CC(NC(C)=NC)=C(C)C.CC. The lowest BCUT2D eigenvalue weighted by molar-refractivity contribution is 1.10. The lowest BCUT2D eigenvalue weighted by Gasteiger charge is -2.07. The predicted molar refractivity (Wildman–Crippen MR) is 62.1 cm³/mol. The number of nitrogens with one attached hydrogen (secondary N) is 1. The highest BCUT2D eigenvalue weighted by atomic mass is 15.0. The van der Waals surface area contributed by atoms with Crippen molar-refractivity contribution in [1.29, 1.82) is 0 Å². The Bertz CT molecular complexity index is 196. The largest absolute Gasteiger partial charge is 0.344 e. The van der Waals surface area contributed by atoms with Gasteiger partial charge in [-0.1, -0.05) is 26.0 Å². The van der Waals surface area contributed by atoms with E-state index in [-0.39, 0.29) is 0 Å². The Morgan fingerprint density at radius 2 is 1.69 bits per heavy atom. The molecule has 0 aromatic rings. The first kappa shape index (κ1) is 14.5. The quantitative estimate of drug-likeness (QED) is 0.396. The van der Waals surface area contributed by atoms with E-state index in [0.717, 1.165) is 11.5 Å². The Balaban J connectivity index is 0. The van der Waals surface area contributed by atoms with Gasteiger partial charge in [-0.3, -0.25) is 4.99 Å². The molecule has 0 fully saturated rings. The van der Waals surface area contributed by atoms with Gasteiger partial charge in [-0.2, -0.15) is 0 Å². The van der Waals surface area contributed by atoms with E-state index in [4.69, 9.17) is 0 Å². The van der Waals surface area contributed by atoms with Crippen LogP contribution in [-0.2, 0) is 0 Å². The molecule has 0 aromatic carbocycles. The van der Waals surface area contributed by atoms with Crippen LogP contribution in [0.25, 0.3) is 0 Å². The standard InChI is InChI=1S/C9H16N2.C2H6/c1-6-9(7(2)3)11-8(4)10-5;1-2/h6H,1H2,2-5H3,(H,10,11);1-2H3. The van der Waals surface area contributed by atoms with Gasteiger partial charge >= 0.3 is 0 Å². The molecule has 0 heterocycles. The summed E-state index contributed by atoms with van der Waals surface area (Å²) < 4.78 is 0. The lowest BCUT2D eigenvalue weighted by atomic mass is 10.2. The fourth-order valence-corrected chi connectivity index (χ4v) is 0.631. The molecule has 0 aliphatic rings. The van der Waals surface area contributed by atoms with E-state index in [1.807, 2.05) is 34.6 Å². The van der Waals surface area contributed by atoms with Crippen molar-refractivity contribution < 1.29 is 0 Å². The van der Waals surface area contributed by atoms with Crippen LogP contribution in [0.1, 0.15) is 34.6 Å². The van der Waals surface area contributed by atoms with Crippen LogP contribution in [0.4, 0.5) is 0 Å². The van der Waals surface area contributed by atoms with E-state index in [1.165, 1.54) is 5.57 Å². The number of aliphatic imine (C=N–C) groups is 1. The smallest absolute Gasteiger partial charge is 0.0972 e. The minimum absolute atomic E-state index is 0.904. The van der Waals surface area contributed by atoms with Gasteiger partial charge in [0.05, 0.1) is 5.84 Å². The third-order valence-corrected chi connectivity index (χ3v) is 1.39. The van der Waals surface area contributed by atoms with Crippen LogP contribution in [0.5, 0.6) is 0 Å². The molecule has 0 spiro atoms. The topological polar surface area (TPSA) is 24.4 Å². The van der Waals surface area contributed by atoms with Crippen molar-refractivity contribution in [3.63, 3.8) is 0 Å². The molecule has 0 amide bonds. The fourth-order valence-electron chi connectivity index (χ4n) is 0.631. The zero-order valence-corrected chi connectivity index (χ0v) is 9.73. The highest BCUT2D eigenvalue weighted by Gasteiger charge is 1.93. The number of rotatable bonds is 2. The molecule has 1 N–H and O–H groups in total. The number of allylic oxidation sites excluding steroid dienone is 2. The van der Waals surface area contributed by atoms with E-state index in [9.17, 15) is 0 Å². The summed E-state index contributed by atoms with van der Waals surface area (Å²) in [6.45, 7) is 13.7. The summed E-state index contributed by atoms with van der Waals surface area (Å²) in [6.07, 6.45) is 1.80. The van der Waals surface area contributed by atoms with Gasteiger partial charge < -0.3 is 5.32 Å². The molecular formula is C11H22N2. The first-order chi connectivity index (χ1) is 6.11. The Kier molecular flexibility index (Phi) is 10.1. The average Bonchev–Trinajstić information content (AvgIpc) is 2.16. The molecule has 0 aliphatic heterocycles. The van der Waals surface area contributed by atoms with Crippen LogP contribution in [0.15, 0.2) is 28.9 Å². The van der Waals surface area contributed by atoms with Crippen molar-refractivity contribution in [3.8, 4) is 0 Å². The van der Waals surface area contributed by atoms with Crippen molar-refractivity contribution >= 4 is 5.84 Å². The van der Waals surface area contributed by atoms with E-state index in [2.05, 4.69) is 16.9 Å². The van der Waals surface area contributed by atoms with Gasteiger partial charge in [0.2, 0.25) is 0 Å². The molecule has 0 rings (SSSR count). The van der Waals surface area contributed by atoms with Gasteiger partial charge in [0.15, 0.2) is 0 Å². The van der Waals surface area contributed by atoms with Crippen LogP contribution < -0.4 is 5.32 Å². The number of hydrogen-bond donors (Lipinski definition) is 1. The summed E-state index contributed by atoms with van der Waals surface area (Å²) in [4.78, 5) is 3.98. The summed E-state index contributed by atoms with van der Waals surface area (Å²) in [5, 5.41) is 3.13. The van der Waals surface area contributed by atoms with Gasteiger partial charge in [0.1, 0.15) is 0 Å². The maximum Gasteiger partial charge on any atom is 0.0972 e. The first-order valence-electron chi connectivity index (χ1n) is 4.62. The molecule has 0 radical (unpaired) electrons. The normalized spacial score (nSPS) is 9.54. The summed E-state index contributed by atoms with van der Waals surface area (Å²) >= 11 is 0.